The maximum Gasteiger partial charge on any atom is 0.0976 e. The van der Waals surface area contributed by atoms with Gasteiger partial charge in [-0.15, -0.1) is 30.5 Å². The van der Waals surface area contributed by atoms with Crippen LogP contribution in [0, 0.1) is 0 Å². The van der Waals surface area contributed by atoms with Gasteiger partial charge in [0, 0.05) is 11.3 Å². The van der Waals surface area contributed by atoms with E-state index in [9.17, 15) is 0 Å². The SMILES string of the molecule is C=CCc1nc2c(S)cccc2s1. The monoisotopic (exact) mass is 207 g/mol. The van der Waals surface area contributed by atoms with Crippen LogP contribution >= 0.6 is 24.0 Å². The molecule has 1 aromatic heterocycles. The maximum atomic E-state index is 4.47. The summed E-state index contributed by atoms with van der Waals surface area (Å²) in [6, 6.07) is 6.03. The van der Waals surface area contributed by atoms with Gasteiger partial charge in [-0.2, -0.15) is 0 Å². The molecule has 13 heavy (non-hydrogen) atoms. The predicted molar refractivity (Wildman–Crippen MR) is 60.8 cm³/mol. The summed E-state index contributed by atoms with van der Waals surface area (Å²) in [5.41, 5.74) is 1.01. The van der Waals surface area contributed by atoms with Crippen LogP contribution in [0.3, 0.4) is 0 Å². The summed E-state index contributed by atoms with van der Waals surface area (Å²) in [6.07, 6.45) is 2.71. The van der Waals surface area contributed by atoms with Crippen LogP contribution in [0.15, 0.2) is 35.7 Å². The summed E-state index contributed by atoms with van der Waals surface area (Å²) >= 11 is 6.05. The van der Waals surface area contributed by atoms with E-state index in [1.165, 1.54) is 4.70 Å². The van der Waals surface area contributed by atoms with Crippen molar-refractivity contribution in [2.45, 2.75) is 11.3 Å². The molecule has 0 aliphatic heterocycles. The summed E-state index contributed by atoms with van der Waals surface area (Å²) < 4.78 is 1.20. The molecule has 1 aromatic carbocycles. The molecule has 0 amide bonds. The fourth-order valence-corrected chi connectivity index (χ4v) is 2.51. The van der Waals surface area contributed by atoms with Crippen LogP contribution in [0.1, 0.15) is 5.01 Å². The number of thiazole rings is 1. The van der Waals surface area contributed by atoms with Crippen molar-refractivity contribution in [2.24, 2.45) is 0 Å². The zero-order valence-electron chi connectivity index (χ0n) is 7.03. The van der Waals surface area contributed by atoms with Gasteiger partial charge in [-0.3, -0.25) is 0 Å². The Bertz CT molecular complexity index is 445. The van der Waals surface area contributed by atoms with Gasteiger partial charge in [0.1, 0.15) is 0 Å². The van der Waals surface area contributed by atoms with E-state index in [1.807, 2.05) is 18.2 Å². The van der Waals surface area contributed by atoms with E-state index in [0.29, 0.717) is 0 Å². The van der Waals surface area contributed by atoms with Crippen LogP contribution < -0.4 is 0 Å². The number of nitrogens with zero attached hydrogens (tertiary/aromatic N) is 1. The highest BCUT2D eigenvalue weighted by Gasteiger charge is 2.03. The molecule has 0 unspecified atom stereocenters. The molecule has 0 atom stereocenters. The molecule has 1 heterocycles. The molecule has 3 heteroatoms. The molecule has 2 rings (SSSR count). The highest BCUT2D eigenvalue weighted by Crippen LogP contribution is 2.26. The molecule has 0 saturated heterocycles. The second-order valence-electron chi connectivity index (χ2n) is 2.72. The van der Waals surface area contributed by atoms with Gasteiger partial charge >= 0.3 is 0 Å². The quantitative estimate of drug-likeness (QED) is 0.589. The summed E-state index contributed by atoms with van der Waals surface area (Å²) in [5, 5.41) is 1.10. The number of benzene rings is 1. The number of aromatic nitrogens is 1. The van der Waals surface area contributed by atoms with Gasteiger partial charge in [0.15, 0.2) is 0 Å². The van der Waals surface area contributed by atoms with Gasteiger partial charge < -0.3 is 0 Å². The molecular weight excluding hydrogens is 198 g/mol. The minimum atomic E-state index is 0.840. The number of allylic oxidation sites excluding steroid dienone is 1. The average molecular weight is 207 g/mol. The molecular formula is C10H9NS2. The summed E-state index contributed by atoms with van der Waals surface area (Å²) in [7, 11) is 0. The topological polar surface area (TPSA) is 12.9 Å². The van der Waals surface area contributed by atoms with E-state index in [-0.39, 0.29) is 0 Å². The van der Waals surface area contributed by atoms with Gasteiger partial charge in [-0.25, -0.2) is 4.98 Å². The van der Waals surface area contributed by atoms with Crippen LogP contribution in [0.4, 0.5) is 0 Å². The van der Waals surface area contributed by atoms with E-state index < -0.39 is 0 Å². The molecule has 2 aromatic rings. The molecule has 0 radical (unpaired) electrons. The van der Waals surface area contributed by atoms with Gasteiger partial charge in [0.05, 0.1) is 15.2 Å². The van der Waals surface area contributed by atoms with Crippen LogP contribution in [-0.2, 0) is 6.42 Å². The van der Waals surface area contributed by atoms with Crippen LogP contribution in [0.5, 0.6) is 0 Å². The van der Waals surface area contributed by atoms with Crippen molar-refractivity contribution >= 4 is 34.2 Å². The fraction of sp³-hybridized carbons (Fsp3) is 0.100. The van der Waals surface area contributed by atoms with Crippen LogP contribution in [0.2, 0.25) is 0 Å². The fourth-order valence-electron chi connectivity index (χ4n) is 1.19. The van der Waals surface area contributed by atoms with E-state index in [1.54, 1.807) is 11.3 Å². The van der Waals surface area contributed by atoms with Gasteiger partial charge in [0.25, 0.3) is 0 Å². The van der Waals surface area contributed by atoms with Gasteiger partial charge in [0.2, 0.25) is 0 Å². The van der Waals surface area contributed by atoms with Crippen molar-refractivity contribution in [1.82, 2.24) is 4.98 Å². The Labute approximate surface area is 86.5 Å². The standard InChI is InChI=1S/C10H9NS2/c1-2-4-9-11-10-7(12)5-3-6-8(10)13-9/h2-3,5-6,12H,1,4H2. The Hall–Kier alpha value is -0.800. The lowest BCUT2D eigenvalue weighted by Gasteiger charge is -1.89. The number of hydrogen-bond donors (Lipinski definition) is 1. The minimum Gasteiger partial charge on any atom is -0.240 e. The third-order valence-corrected chi connectivity index (χ3v) is 3.16. The molecule has 0 fully saturated rings. The number of thiol groups is 1. The van der Waals surface area contributed by atoms with Crippen molar-refractivity contribution in [3.63, 3.8) is 0 Å². The molecule has 0 spiro atoms. The maximum absolute atomic E-state index is 4.47. The van der Waals surface area contributed by atoms with Crippen molar-refractivity contribution < 1.29 is 0 Å². The molecule has 0 saturated carbocycles. The lowest BCUT2D eigenvalue weighted by Crippen LogP contribution is -1.76. The van der Waals surface area contributed by atoms with Gasteiger partial charge in [-0.1, -0.05) is 12.1 Å². The smallest absolute Gasteiger partial charge is 0.0976 e. The molecule has 0 aliphatic rings. The zero-order chi connectivity index (χ0) is 9.26. The summed E-state index contributed by atoms with van der Waals surface area (Å²) in [5.74, 6) is 0. The summed E-state index contributed by atoms with van der Waals surface area (Å²) in [6.45, 7) is 3.70. The second-order valence-corrected chi connectivity index (χ2v) is 4.32. The first-order valence-electron chi connectivity index (χ1n) is 3.99. The average Bonchev–Trinajstić information content (AvgIpc) is 2.49. The van der Waals surface area contributed by atoms with Crippen molar-refractivity contribution in [3.8, 4) is 0 Å². The third kappa shape index (κ3) is 1.62. The molecule has 0 N–H and O–H groups in total. The van der Waals surface area contributed by atoms with E-state index in [4.69, 9.17) is 0 Å². The van der Waals surface area contributed by atoms with E-state index >= 15 is 0 Å². The Kier molecular flexibility index (Phi) is 2.38. The van der Waals surface area contributed by atoms with Crippen molar-refractivity contribution in [3.05, 3.63) is 35.9 Å². The third-order valence-electron chi connectivity index (χ3n) is 1.76. The number of rotatable bonds is 2. The lowest BCUT2D eigenvalue weighted by atomic mass is 10.3. The normalized spacial score (nSPS) is 10.5. The lowest BCUT2D eigenvalue weighted by molar-refractivity contribution is 1.21. The van der Waals surface area contributed by atoms with Crippen LogP contribution in [0.25, 0.3) is 10.2 Å². The molecule has 0 aliphatic carbocycles. The van der Waals surface area contributed by atoms with E-state index in [0.717, 1.165) is 21.8 Å². The van der Waals surface area contributed by atoms with Crippen molar-refractivity contribution in [2.75, 3.05) is 0 Å². The zero-order valence-corrected chi connectivity index (χ0v) is 8.74. The first kappa shape index (κ1) is 8.78. The summed E-state index contributed by atoms with van der Waals surface area (Å²) in [4.78, 5) is 5.42. The molecule has 0 bridgehead atoms. The predicted octanol–water partition coefficient (Wildman–Crippen LogP) is 3.31. The van der Waals surface area contributed by atoms with Crippen molar-refractivity contribution in [1.29, 1.82) is 0 Å². The molecule has 1 nitrogen and oxygen atoms in total. The highest BCUT2D eigenvalue weighted by molar-refractivity contribution is 7.80. The Morgan fingerprint density at radius 3 is 3.08 bits per heavy atom. The largest absolute Gasteiger partial charge is 0.240 e. The Balaban J connectivity index is 2.61. The molecule has 66 valence electrons. The number of para-hydroxylation sites is 1. The van der Waals surface area contributed by atoms with Gasteiger partial charge in [-0.05, 0) is 12.1 Å². The number of hydrogen-bond acceptors (Lipinski definition) is 3. The minimum absolute atomic E-state index is 0.840. The Morgan fingerprint density at radius 2 is 2.38 bits per heavy atom. The number of fused-ring (bicyclic) bond motifs is 1. The first-order valence-corrected chi connectivity index (χ1v) is 5.26. The van der Waals surface area contributed by atoms with E-state index in [2.05, 4.69) is 30.3 Å². The first-order chi connectivity index (χ1) is 6.31. The second kappa shape index (κ2) is 3.52. The Morgan fingerprint density at radius 1 is 1.54 bits per heavy atom. The highest BCUT2D eigenvalue weighted by atomic mass is 32.1. The van der Waals surface area contributed by atoms with Crippen LogP contribution in [-0.4, -0.2) is 4.98 Å².